The van der Waals surface area contributed by atoms with Crippen molar-refractivity contribution in [3.8, 4) is 0 Å². The highest BCUT2D eigenvalue weighted by Crippen LogP contribution is 2.33. The number of nitrogen functional groups attached to an aromatic ring is 1. The molecule has 1 aromatic carbocycles. The van der Waals surface area contributed by atoms with Gasteiger partial charge in [-0.1, -0.05) is 17.2 Å². The lowest BCUT2D eigenvalue weighted by atomic mass is 10.1. The van der Waals surface area contributed by atoms with Gasteiger partial charge in [-0.15, -0.1) is 11.3 Å². The van der Waals surface area contributed by atoms with E-state index >= 15 is 0 Å². The number of methoxy groups -OCH3 is 2. The number of anilines is 1. The van der Waals surface area contributed by atoms with Crippen LogP contribution in [0.3, 0.4) is 0 Å². The molecule has 0 aliphatic rings. The van der Waals surface area contributed by atoms with E-state index in [0.717, 1.165) is 22.5 Å². The Morgan fingerprint density at radius 2 is 1.54 bits per heavy atom. The lowest BCUT2D eigenvalue weighted by molar-refractivity contribution is 0.0452. The summed E-state index contributed by atoms with van der Waals surface area (Å²) >= 11 is 0.881. The summed E-state index contributed by atoms with van der Waals surface area (Å²) in [4.78, 5) is 36.4. The summed E-state index contributed by atoms with van der Waals surface area (Å²) in [6.45, 7) is 3.43. The molecule has 0 saturated carbocycles. The van der Waals surface area contributed by atoms with Gasteiger partial charge in [-0.25, -0.2) is 14.4 Å². The van der Waals surface area contributed by atoms with Gasteiger partial charge in [0.05, 0.1) is 19.8 Å². The third-order valence-corrected chi connectivity index (χ3v) is 4.64. The van der Waals surface area contributed by atoms with Crippen LogP contribution < -0.4 is 5.73 Å². The number of carbonyl (C=O) groups excluding carboxylic acids is 3. The summed E-state index contributed by atoms with van der Waals surface area (Å²) in [6, 6.07) is 5.32. The van der Waals surface area contributed by atoms with E-state index in [4.69, 9.17) is 19.9 Å². The molecule has 2 N–H and O–H groups in total. The first kappa shape index (κ1) is 19.5. The van der Waals surface area contributed by atoms with Gasteiger partial charge in [0.15, 0.2) is 0 Å². The first-order chi connectivity index (χ1) is 12.3. The van der Waals surface area contributed by atoms with E-state index in [1.807, 2.05) is 19.9 Å². The Bertz CT molecular complexity index is 851. The molecule has 1 aromatic heterocycles. The smallest absolute Gasteiger partial charge is 0.348 e. The number of aryl methyl sites for hydroxylation is 2. The van der Waals surface area contributed by atoms with Crippen LogP contribution in [0.1, 0.15) is 47.1 Å². The van der Waals surface area contributed by atoms with Crippen LogP contribution in [0, 0.1) is 13.8 Å². The Morgan fingerprint density at radius 3 is 2.08 bits per heavy atom. The van der Waals surface area contributed by atoms with Crippen molar-refractivity contribution < 1.29 is 28.6 Å². The maximum atomic E-state index is 12.3. The van der Waals surface area contributed by atoms with Gasteiger partial charge in [-0.3, -0.25) is 0 Å². The van der Waals surface area contributed by atoms with Crippen LogP contribution in [-0.2, 0) is 20.8 Å². The van der Waals surface area contributed by atoms with Crippen molar-refractivity contribution in [2.75, 3.05) is 20.0 Å². The first-order valence-corrected chi connectivity index (χ1v) is 8.43. The van der Waals surface area contributed by atoms with Crippen molar-refractivity contribution in [2.45, 2.75) is 20.5 Å². The largest absolute Gasteiger partial charge is 0.465 e. The fraction of sp³-hybridized carbons (Fsp3) is 0.278. The number of rotatable bonds is 5. The van der Waals surface area contributed by atoms with Crippen LogP contribution >= 0.6 is 11.3 Å². The molecule has 138 valence electrons. The highest BCUT2D eigenvalue weighted by molar-refractivity contribution is 7.18. The van der Waals surface area contributed by atoms with E-state index in [2.05, 4.69) is 0 Å². The lowest BCUT2D eigenvalue weighted by Gasteiger charge is -2.09. The normalized spacial score (nSPS) is 10.3. The maximum Gasteiger partial charge on any atom is 0.348 e. The molecular formula is C18H19NO6S. The predicted molar refractivity (Wildman–Crippen MR) is 96.4 cm³/mol. The van der Waals surface area contributed by atoms with Crippen LogP contribution in [0.4, 0.5) is 5.00 Å². The van der Waals surface area contributed by atoms with Crippen molar-refractivity contribution in [3.63, 3.8) is 0 Å². The fourth-order valence-electron chi connectivity index (χ4n) is 2.52. The van der Waals surface area contributed by atoms with Crippen LogP contribution in [0.5, 0.6) is 0 Å². The molecule has 2 aromatic rings. The molecule has 0 aliphatic carbocycles. The summed E-state index contributed by atoms with van der Waals surface area (Å²) in [5, 5.41) is 0.0923. The number of hydrogen-bond acceptors (Lipinski definition) is 8. The van der Waals surface area contributed by atoms with Crippen molar-refractivity contribution >= 4 is 34.2 Å². The van der Waals surface area contributed by atoms with E-state index in [1.54, 1.807) is 12.1 Å². The maximum absolute atomic E-state index is 12.3. The number of benzene rings is 1. The van der Waals surface area contributed by atoms with Gasteiger partial charge in [0, 0.05) is 5.56 Å². The number of carbonyl (C=O) groups is 3. The van der Waals surface area contributed by atoms with Crippen LogP contribution in [0.15, 0.2) is 18.2 Å². The summed E-state index contributed by atoms with van der Waals surface area (Å²) in [5.41, 5.74) is 8.23. The molecule has 0 saturated heterocycles. The molecule has 7 nitrogen and oxygen atoms in total. The quantitative estimate of drug-likeness (QED) is 0.631. The minimum atomic E-state index is -0.716. The SMILES string of the molecule is COC(=O)c1sc(N)c(C(=O)OC)c1COC(=O)c1cc(C)cc(C)c1. The zero-order valence-electron chi connectivity index (χ0n) is 14.9. The summed E-state index contributed by atoms with van der Waals surface area (Å²) < 4.78 is 14.7. The van der Waals surface area contributed by atoms with Gasteiger partial charge in [0.1, 0.15) is 22.0 Å². The average molecular weight is 377 g/mol. The molecule has 0 amide bonds. The van der Waals surface area contributed by atoms with Gasteiger partial charge in [0.2, 0.25) is 0 Å². The Balaban J connectivity index is 2.34. The molecule has 0 unspecified atom stereocenters. The minimum Gasteiger partial charge on any atom is -0.465 e. The second-order valence-corrected chi connectivity index (χ2v) is 6.64. The molecule has 26 heavy (non-hydrogen) atoms. The van der Waals surface area contributed by atoms with Gasteiger partial charge in [-0.05, 0) is 26.0 Å². The van der Waals surface area contributed by atoms with E-state index in [1.165, 1.54) is 14.2 Å². The minimum absolute atomic E-state index is 0.00567. The third kappa shape index (κ3) is 4.02. The molecule has 8 heteroatoms. The summed E-state index contributed by atoms with van der Waals surface area (Å²) in [5.74, 6) is -1.96. The van der Waals surface area contributed by atoms with Crippen LogP contribution in [0.25, 0.3) is 0 Å². The molecule has 1 heterocycles. The monoisotopic (exact) mass is 377 g/mol. The van der Waals surface area contributed by atoms with Gasteiger partial charge in [-0.2, -0.15) is 0 Å². The van der Waals surface area contributed by atoms with E-state index in [9.17, 15) is 14.4 Å². The molecule has 0 radical (unpaired) electrons. The predicted octanol–water partition coefficient (Wildman–Crippen LogP) is 2.88. The third-order valence-electron chi connectivity index (χ3n) is 3.60. The number of thiophene rings is 1. The van der Waals surface area contributed by atoms with Crippen molar-refractivity contribution in [3.05, 3.63) is 50.9 Å². The highest BCUT2D eigenvalue weighted by Gasteiger charge is 2.28. The lowest BCUT2D eigenvalue weighted by Crippen LogP contribution is -2.13. The van der Waals surface area contributed by atoms with Crippen LogP contribution in [-0.4, -0.2) is 32.1 Å². The van der Waals surface area contributed by atoms with Crippen molar-refractivity contribution in [1.82, 2.24) is 0 Å². The number of nitrogens with two attached hydrogens (primary N) is 1. The molecule has 0 aliphatic heterocycles. The van der Waals surface area contributed by atoms with Gasteiger partial charge in [0.25, 0.3) is 0 Å². The molecule has 2 rings (SSSR count). The Labute approximate surface area is 154 Å². The second kappa shape index (κ2) is 8.01. The summed E-state index contributed by atoms with van der Waals surface area (Å²) in [7, 11) is 2.41. The molecule has 0 atom stereocenters. The Morgan fingerprint density at radius 1 is 0.962 bits per heavy atom. The van der Waals surface area contributed by atoms with Crippen molar-refractivity contribution in [1.29, 1.82) is 0 Å². The average Bonchev–Trinajstić information content (AvgIpc) is 2.93. The topological polar surface area (TPSA) is 105 Å². The summed E-state index contributed by atoms with van der Waals surface area (Å²) in [6.07, 6.45) is 0. The molecule has 0 spiro atoms. The van der Waals surface area contributed by atoms with Gasteiger partial charge >= 0.3 is 17.9 Å². The van der Waals surface area contributed by atoms with Gasteiger partial charge < -0.3 is 19.9 Å². The molecule has 0 fully saturated rings. The fourth-order valence-corrected chi connectivity index (χ4v) is 3.50. The zero-order valence-corrected chi connectivity index (χ0v) is 15.7. The van der Waals surface area contributed by atoms with E-state index in [-0.39, 0.29) is 27.6 Å². The number of esters is 3. The Hall–Kier alpha value is -2.87. The molecular weight excluding hydrogens is 358 g/mol. The second-order valence-electron chi connectivity index (χ2n) is 5.58. The van der Waals surface area contributed by atoms with Crippen molar-refractivity contribution in [2.24, 2.45) is 0 Å². The number of hydrogen-bond donors (Lipinski definition) is 1. The van der Waals surface area contributed by atoms with E-state index in [0.29, 0.717) is 5.56 Å². The van der Waals surface area contributed by atoms with E-state index < -0.39 is 17.9 Å². The standard InChI is InChI=1S/C18H19NO6S/c1-9-5-10(2)7-11(6-9)16(20)25-8-12-13(17(21)23-3)15(19)26-14(12)18(22)24-4/h5-7H,8,19H2,1-4H3. The van der Waals surface area contributed by atoms with Crippen LogP contribution in [0.2, 0.25) is 0 Å². The number of ether oxygens (including phenoxy) is 3. The molecule has 0 bridgehead atoms. The highest BCUT2D eigenvalue weighted by atomic mass is 32.1. The zero-order chi connectivity index (χ0) is 19.4. The Kier molecular flexibility index (Phi) is 5.99. The first-order valence-electron chi connectivity index (χ1n) is 7.61.